The summed E-state index contributed by atoms with van der Waals surface area (Å²) in [5.74, 6) is -0.133. The second kappa shape index (κ2) is 6.15. The molecule has 19 heavy (non-hydrogen) atoms. The lowest BCUT2D eigenvalue weighted by atomic mass is 9.92. The molecule has 104 valence electrons. The van der Waals surface area contributed by atoms with Crippen molar-refractivity contribution in [2.24, 2.45) is 5.92 Å². The molecule has 1 fully saturated rings. The average Bonchev–Trinajstić information content (AvgIpc) is 2.38. The first kappa shape index (κ1) is 14.0. The molecule has 3 unspecified atom stereocenters. The van der Waals surface area contributed by atoms with Gasteiger partial charge in [0.25, 0.3) is 0 Å². The molecule has 1 aromatic rings. The van der Waals surface area contributed by atoms with Gasteiger partial charge < -0.3 is 10.6 Å². The van der Waals surface area contributed by atoms with Crippen LogP contribution in [0.25, 0.3) is 0 Å². The van der Waals surface area contributed by atoms with Crippen LogP contribution in [0.4, 0.5) is 4.39 Å². The molecule has 1 aliphatic rings. The van der Waals surface area contributed by atoms with Crippen molar-refractivity contribution >= 4 is 5.91 Å². The molecule has 3 atom stereocenters. The summed E-state index contributed by atoms with van der Waals surface area (Å²) in [6.45, 7) is 4.86. The standard InChI is InChI=1S/C15H21FN2O/c1-10-8-13(6-7-17-10)15(19)18-11(2)12-4-3-5-14(16)9-12/h3-5,9-11,13,17H,6-8H2,1-2H3,(H,18,19). The number of piperidine rings is 1. The van der Waals surface area contributed by atoms with Gasteiger partial charge in [-0.05, 0) is 50.9 Å². The Hall–Kier alpha value is -1.42. The van der Waals surface area contributed by atoms with Gasteiger partial charge in [-0.25, -0.2) is 4.39 Å². The van der Waals surface area contributed by atoms with E-state index in [2.05, 4.69) is 17.6 Å². The normalized spacial score (nSPS) is 24.8. The number of carbonyl (C=O) groups excluding carboxylic acids is 1. The van der Waals surface area contributed by atoms with Gasteiger partial charge in [-0.1, -0.05) is 12.1 Å². The van der Waals surface area contributed by atoms with E-state index in [1.165, 1.54) is 12.1 Å². The Morgan fingerprint density at radius 2 is 2.32 bits per heavy atom. The van der Waals surface area contributed by atoms with E-state index < -0.39 is 0 Å². The van der Waals surface area contributed by atoms with Gasteiger partial charge in [0, 0.05) is 12.0 Å². The smallest absolute Gasteiger partial charge is 0.223 e. The number of hydrogen-bond donors (Lipinski definition) is 2. The average molecular weight is 264 g/mol. The quantitative estimate of drug-likeness (QED) is 0.880. The summed E-state index contributed by atoms with van der Waals surface area (Å²) in [4.78, 5) is 12.2. The van der Waals surface area contributed by atoms with Gasteiger partial charge in [0.05, 0.1) is 6.04 Å². The third-order valence-corrected chi connectivity index (χ3v) is 3.70. The molecule has 0 aromatic heterocycles. The highest BCUT2D eigenvalue weighted by molar-refractivity contribution is 5.79. The first-order chi connectivity index (χ1) is 9.06. The maximum Gasteiger partial charge on any atom is 0.223 e. The fraction of sp³-hybridized carbons (Fsp3) is 0.533. The van der Waals surface area contributed by atoms with E-state index in [0.29, 0.717) is 6.04 Å². The van der Waals surface area contributed by atoms with E-state index in [1.54, 1.807) is 6.07 Å². The van der Waals surface area contributed by atoms with Gasteiger partial charge in [0.2, 0.25) is 5.91 Å². The van der Waals surface area contributed by atoms with Crippen LogP contribution in [0.3, 0.4) is 0 Å². The van der Waals surface area contributed by atoms with Crippen molar-refractivity contribution in [3.8, 4) is 0 Å². The second-order valence-corrected chi connectivity index (χ2v) is 5.36. The topological polar surface area (TPSA) is 41.1 Å². The summed E-state index contributed by atoms with van der Waals surface area (Å²) in [5.41, 5.74) is 0.801. The minimum Gasteiger partial charge on any atom is -0.349 e. The molecule has 4 heteroatoms. The number of hydrogen-bond acceptors (Lipinski definition) is 2. The summed E-state index contributed by atoms with van der Waals surface area (Å²) in [7, 11) is 0. The molecule has 0 aliphatic carbocycles. The molecule has 1 amide bonds. The van der Waals surface area contributed by atoms with E-state index >= 15 is 0 Å². The minimum atomic E-state index is -0.269. The molecule has 1 aliphatic heterocycles. The largest absolute Gasteiger partial charge is 0.349 e. The van der Waals surface area contributed by atoms with Gasteiger partial charge in [0.15, 0.2) is 0 Å². The van der Waals surface area contributed by atoms with Crippen LogP contribution in [-0.2, 0) is 4.79 Å². The molecule has 1 aromatic carbocycles. The van der Waals surface area contributed by atoms with E-state index in [9.17, 15) is 9.18 Å². The van der Waals surface area contributed by atoms with Crippen LogP contribution in [0.5, 0.6) is 0 Å². The maximum atomic E-state index is 13.1. The van der Waals surface area contributed by atoms with E-state index in [1.807, 2.05) is 13.0 Å². The number of benzene rings is 1. The molecular formula is C15H21FN2O. The summed E-state index contributed by atoms with van der Waals surface area (Å²) in [6.07, 6.45) is 1.73. The first-order valence-corrected chi connectivity index (χ1v) is 6.85. The number of halogens is 1. The molecule has 1 heterocycles. The zero-order valence-corrected chi connectivity index (χ0v) is 11.4. The summed E-state index contributed by atoms with van der Waals surface area (Å²) in [5, 5.41) is 6.31. The summed E-state index contributed by atoms with van der Waals surface area (Å²) < 4.78 is 13.1. The Balaban J connectivity index is 1.94. The van der Waals surface area contributed by atoms with Crippen LogP contribution in [0, 0.1) is 11.7 Å². The van der Waals surface area contributed by atoms with Gasteiger partial charge >= 0.3 is 0 Å². The van der Waals surface area contributed by atoms with Crippen LogP contribution in [0.15, 0.2) is 24.3 Å². The summed E-state index contributed by atoms with van der Waals surface area (Å²) in [6, 6.07) is 6.60. The Bertz CT molecular complexity index is 450. The molecule has 2 N–H and O–H groups in total. The van der Waals surface area contributed by atoms with Crippen molar-refractivity contribution in [3.05, 3.63) is 35.6 Å². The van der Waals surface area contributed by atoms with Crippen molar-refractivity contribution in [3.63, 3.8) is 0 Å². The van der Waals surface area contributed by atoms with Crippen molar-refractivity contribution in [2.75, 3.05) is 6.54 Å². The fourth-order valence-corrected chi connectivity index (χ4v) is 2.56. The van der Waals surface area contributed by atoms with E-state index in [0.717, 1.165) is 24.9 Å². The van der Waals surface area contributed by atoms with Gasteiger partial charge in [0.1, 0.15) is 5.82 Å². The molecule has 3 nitrogen and oxygen atoms in total. The van der Waals surface area contributed by atoms with Crippen LogP contribution < -0.4 is 10.6 Å². The lowest BCUT2D eigenvalue weighted by molar-refractivity contribution is -0.126. The minimum absolute atomic E-state index is 0.0623. The Morgan fingerprint density at radius 3 is 3.00 bits per heavy atom. The molecule has 0 spiro atoms. The molecule has 0 bridgehead atoms. The predicted octanol–water partition coefficient (Wildman–Crippen LogP) is 2.39. The zero-order chi connectivity index (χ0) is 13.8. The third kappa shape index (κ3) is 3.77. The number of amides is 1. The number of rotatable bonds is 3. The van der Waals surface area contributed by atoms with Crippen LogP contribution in [0.1, 0.15) is 38.3 Å². The Labute approximate surface area is 113 Å². The van der Waals surface area contributed by atoms with Crippen molar-refractivity contribution < 1.29 is 9.18 Å². The Morgan fingerprint density at radius 1 is 1.53 bits per heavy atom. The number of carbonyl (C=O) groups is 1. The third-order valence-electron chi connectivity index (χ3n) is 3.70. The molecule has 1 saturated heterocycles. The van der Waals surface area contributed by atoms with Crippen molar-refractivity contribution in [2.45, 2.75) is 38.8 Å². The van der Waals surface area contributed by atoms with Crippen LogP contribution in [-0.4, -0.2) is 18.5 Å². The zero-order valence-electron chi connectivity index (χ0n) is 11.4. The molecule has 2 rings (SSSR count). The van der Waals surface area contributed by atoms with Crippen molar-refractivity contribution in [1.29, 1.82) is 0 Å². The SMILES string of the molecule is CC1CC(C(=O)NC(C)c2cccc(F)c2)CCN1. The lowest BCUT2D eigenvalue weighted by Crippen LogP contribution is -2.42. The maximum absolute atomic E-state index is 13.1. The van der Waals surface area contributed by atoms with E-state index in [-0.39, 0.29) is 23.7 Å². The van der Waals surface area contributed by atoms with E-state index in [4.69, 9.17) is 0 Å². The highest BCUT2D eigenvalue weighted by Gasteiger charge is 2.25. The molecule has 0 saturated carbocycles. The monoisotopic (exact) mass is 264 g/mol. The van der Waals surface area contributed by atoms with Gasteiger partial charge in [-0.3, -0.25) is 4.79 Å². The first-order valence-electron chi connectivity index (χ1n) is 6.85. The molecular weight excluding hydrogens is 243 g/mol. The lowest BCUT2D eigenvalue weighted by Gasteiger charge is -2.28. The van der Waals surface area contributed by atoms with Gasteiger partial charge in [-0.15, -0.1) is 0 Å². The van der Waals surface area contributed by atoms with Crippen molar-refractivity contribution in [1.82, 2.24) is 10.6 Å². The fourth-order valence-electron chi connectivity index (χ4n) is 2.56. The Kier molecular flexibility index (Phi) is 4.53. The highest BCUT2D eigenvalue weighted by atomic mass is 19.1. The second-order valence-electron chi connectivity index (χ2n) is 5.36. The summed E-state index contributed by atoms with van der Waals surface area (Å²) >= 11 is 0. The molecule has 0 radical (unpaired) electrons. The van der Waals surface area contributed by atoms with Crippen LogP contribution in [0.2, 0.25) is 0 Å². The van der Waals surface area contributed by atoms with Crippen LogP contribution >= 0.6 is 0 Å². The highest BCUT2D eigenvalue weighted by Crippen LogP contribution is 2.19. The number of nitrogens with one attached hydrogen (secondary N) is 2. The van der Waals surface area contributed by atoms with Gasteiger partial charge in [-0.2, -0.15) is 0 Å². The predicted molar refractivity (Wildman–Crippen MR) is 73.1 cm³/mol.